The van der Waals surface area contributed by atoms with Gasteiger partial charge in [-0.15, -0.1) is 0 Å². The van der Waals surface area contributed by atoms with Gasteiger partial charge in [-0.2, -0.15) is 0 Å². The van der Waals surface area contributed by atoms with Gasteiger partial charge in [0, 0.05) is 19.3 Å². The Bertz CT molecular complexity index is 1390. The molecule has 0 aliphatic carbocycles. The van der Waals surface area contributed by atoms with Gasteiger partial charge in [0.15, 0.2) is 6.10 Å². The van der Waals surface area contributed by atoms with Gasteiger partial charge in [-0.1, -0.05) is 181 Å². The first-order valence-corrected chi connectivity index (χ1v) is 24.5. The highest BCUT2D eigenvalue weighted by Crippen LogP contribution is 2.13. The minimum atomic E-state index is -1.14. The molecule has 0 bridgehead atoms. The standard InChI is InChI=1S/C55H89NO7/c1-6-8-10-12-14-16-18-20-22-24-26-27-28-30-31-33-35-37-39-41-43-45-53(57)62-50-51(49-61-48-47-52(55(59)60)56(3,4)5)63-54(58)46-44-42-40-38-36-34-32-29-25-23-21-19-17-15-13-11-9-7-2/h11,13-17,19-23,25-27,29-32,51-52H,6-10,12,18,24,28,33-50H2,1-5H3/b13-11+,16-14+,17-15+,21-19+,22-20+,25-23+,27-26+,31-30+,32-29+. The topological polar surface area (TPSA) is 102 Å². The van der Waals surface area contributed by atoms with E-state index in [4.69, 9.17) is 14.2 Å². The van der Waals surface area contributed by atoms with Crippen molar-refractivity contribution < 1.29 is 38.2 Å². The number of rotatable bonds is 42. The molecule has 356 valence electrons. The minimum absolute atomic E-state index is 0.0160. The first-order chi connectivity index (χ1) is 30.6. The second kappa shape index (κ2) is 44.6. The minimum Gasteiger partial charge on any atom is -0.544 e. The van der Waals surface area contributed by atoms with Gasteiger partial charge in [-0.25, -0.2) is 0 Å². The Morgan fingerprint density at radius 2 is 0.937 bits per heavy atom. The number of allylic oxidation sites excluding steroid dienone is 18. The van der Waals surface area contributed by atoms with Crippen molar-refractivity contribution in [3.8, 4) is 0 Å². The predicted octanol–water partition coefficient (Wildman–Crippen LogP) is 12.7. The van der Waals surface area contributed by atoms with Crippen molar-refractivity contribution in [3.05, 3.63) is 109 Å². The Labute approximate surface area is 385 Å². The number of esters is 2. The fraction of sp³-hybridized carbons (Fsp3) is 0.618. The summed E-state index contributed by atoms with van der Waals surface area (Å²) >= 11 is 0. The van der Waals surface area contributed by atoms with Gasteiger partial charge >= 0.3 is 11.9 Å². The summed E-state index contributed by atoms with van der Waals surface area (Å²) in [5, 5.41) is 11.7. The van der Waals surface area contributed by atoms with Crippen LogP contribution in [0.25, 0.3) is 0 Å². The number of carboxylic acid groups (broad SMARTS) is 1. The SMILES string of the molecule is CCC/C=C/C=C/C=C/C=C/C=C/CCCCCCCC(=O)OC(COCCC(C(=O)[O-])[N+](C)(C)C)COC(=O)CCCCCCC/C=C/C/C=C/C/C=C/C/C=C/CCCCC. The number of hydrogen-bond acceptors (Lipinski definition) is 7. The van der Waals surface area contributed by atoms with Crippen LogP contribution in [0.1, 0.15) is 168 Å². The molecule has 0 spiro atoms. The number of nitrogens with zero attached hydrogens (tertiary/aromatic N) is 1. The van der Waals surface area contributed by atoms with Crippen LogP contribution < -0.4 is 5.11 Å². The molecule has 63 heavy (non-hydrogen) atoms. The highest BCUT2D eigenvalue weighted by atomic mass is 16.6. The quantitative estimate of drug-likeness (QED) is 0.0198. The van der Waals surface area contributed by atoms with Crippen molar-refractivity contribution in [1.29, 1.82) is 0 Å². The molecule has 0 radical (unpaired) electrons. The van der Waals surface area contributed by atoms with Gasteiger partial charge in [-0.05, 0) is 77.0 Å². The fourth-order valence-corrected chi connectivity index (χ4v) is 6.44. The van der Waals surface area contributed by atoms with Crippen LogP contribution in [0.3, 0.4) is 0 Å². The van der Waals surface area contributed by atoms with Crippen LogP contribution in [0.4, 0.5) is 0 Å². The number of carbonyl (C=O) groups excluding carboxylic acids is 3. The van der Waals surface area contributed by atoms with Gasteiger partial charge in [0.1, 0.15) is 12.6 Å². The van der Waals surface area contributed by atoms with E-state index in [0.29, 0.717) is 6.42 Å². The largest absolute Gasteiger partial charge is 0.544 e. The third-order valence-corrected chi connectivity index (χ3v) is 10.2. The van der Waals surface area contributed by atoms with Crippen LogP contribution in [0.5, 0.6) is 0 Å². The Hall–Kier alpha value is -4.01. The number of aliphatic carboxylic acids is 1. The third-order valence-electron chi connectivity index (χ3n) is 10.2. The van der Waals surface area contributed by atoms with Crippen molar-refractivity contribution in [2.24, 2.45) is 0 Å². The second-order valence-electron chi connectivity index (χ2n) is 17.1. The van der Waals surface area contributed by atoms with Gasteiger partial charge in [0.05, 0.1) is 40.3 Å². The molecular formula is C55H89NO7. The molecule has 0 aromatic rings. The van der Waals surface area contributed by atoms with Crippen molar-refractivity contribution in [3.63, 3.8) is 0 Å². The fourth-order valence-electron chi connectivity index (χ4n) is 6.44. The predicted molar refractivity (Wildman–Crippen MR) is 263 cm³/mol. The van der Waals surface area contributed by atoms with E-state index in [1.807, 2.05) is 36.5 Å². The lowest BCUT2D eigenvalue weighted by atomic mass is 10.1. The van der Waals surface area contributed by atoms with Crippen molar-refractivity contribution in [2.75, 3.05) is 41.0 Å². The smallest absolute Gasteiger partial charge is 0.306 e. The molecule has 0 amide bonds. The molecule has 0 aliphatic rings. The molecule has 0 rings (SSSR count). The summed E-state index contributed by atoms with van der Waals surface area (Å²) in [4.78, 5) is 37.0. The normalized spacial score (nSPS) is 13.9. The molecule has 0 aromatic carbocycles. The molecule has 0 fully saturated rings. The highest BCUT2D eigenvalue weighted by Gasteiger charge is 2.25. The molecule has 2 unspecified atom stereocenters. The van der Waals surface area contributed by atoms with Gasteiger partial charge < -0.3 is 28.6 Å². The van der Waals surface area contributed by atoms with E-state index in [1.54, 1.807) is 21.1 Å². The summed E-state index contributed by atoms with van der Waals surface area (Å²) in [5.41, 5.74) is 0. The van der Waals surface area contributed by atoms with Crippen molar-refractivity contribution >= 4 is 17.9 Å². The lowest BCUT2D eigenvalue weighted by Gasteiger charge is -2.34. The summed E-state index contributed by atoms with van der Waals surface area (Å²) < 4.78 is 17.2. The zero-order chi connectivity index (χ0) is 46.3. The maximum absolute atomic E-state index is 12.8. The van der Waals surface area contributed by atoms with E-state index >= 15 is 0 Å². The van der Waals surface area contributed by atoms with Crippen LogP contribution >= 0.6 is 0 Å². The lowest BCUT2D eigenvalue weighted by Crippen LogP contribution is -2.55. The van der Waals surface area contributed by atoms with E-state index in [0.717, 1.165) is 103 Å². The number of carboxylic acids is 1. The summed E-state index contributed by atoms with van der Waals surface area (Å²) in [6.07, 6.45) is 61.0. The molecule has 2 atom stereocenters. The van der Waals surface area contributed by atoms with Crippen LogP contribution in [0, 0.1) is 0 Å². The highest BCUT2D eigenvalue weighted by molar-refractivity contribution is 5.70. The summed E-state index contributed by atoms with van der Waals surface area (Å²) in [7, 11) is 5.38. The first-order valence-electron chi connectivity index (χ1n) is 24.5. The molecule has 8 nitrogen and oxygen atoms in total. The van der Waals surface area contributed by atoms with Gasteiger partial charge in [0.2, 0.25) is 0 Å². The van der Waals surface area contributed by atoms with E-state index in [-0.39, 0.29) is 49.1 Å². The second-order valence-corrected chi connectivity index (χ2v) is 17.1. The molecule has 0 saturated carbocycles. The lowest BCUT2D eigenvalue weighted by molar-refractivity contribution is -0.889. The first kappa shape index (κ1) is 59.0. The maximum atomic E-state index is 12.8. The zero-order valence-corrected chi connectivity index (χ0v) is 40.4. The number of hydrogen-bond donors (Lipinski definition) is 0. The Morgan fingerprint density at radius 3 is 1.44 bits per heavy atom. The summed E-state index contributed by atoms with van der Waals surface area (Å²) in [6, 6.07) is -0.742. The maximum Gasteiger partial charge on any atom is 0.306 e. The van der Waals surface area contributed by atoms with E-state index in [1.165, 1.54) is 32.1 Å². The number of likely N-dealkylation sites (N-methyl/N-ethyl adjacent to an activating group) is 1. The van der Waals surface area contributed by atoms with Crippen molar-refractivity contribution in [1.82, 2.24) is 0 Å². The van der Waals surface area contributed by atoms with E-state index < -0.39 is 18.1 Å². The molecule has 0 saturated heterocycles. The average molecular weight is 876 g/mol. The Kier molecular flexibility index (Phi) is 41.8. The Morgan fingerprint density at radius 1 is 0.492 bits per heavy atom. The number of ether oxygens (including phenoxy) is 3. The third kappa shape index (κ3) is 43.0. The molecule has 0 heterocycles. The summed E-state index contributed by atoms with van der Waals surface area (Å²) in [5.74, 6) is -1.81. The Balaban J connectivity index is 4.41. The van der Waals surface area contributed by atoms with Gasteiger partial charge in [0.25, 0.3) is 0 Å². The van der Waals surface area contributed by atoms with Crippen LogP contribution in [0.2, 0.25) is 0 Å². The molecule has 0 aromatic heterocycles. The van der Waals surface area contributed by atoms with Crippen LogP contribution in [0.15, 0.2) is 109 Å². The molecule has 0 aliphatic heterocycles. The van der Waals surface area contributed by atoms with E-state index in [9.17, 15) is 19.5 Å². The molecular weight excluding hydrogens is 787 g/mol. The van der Waals surface area contributed by atoms with Crippen LogP contribution in [-0.4, -0.2) is 75.5 Å². The van der Waals surface area contributed by atoms with Crippen molar-refractivity contribution in [2.45, 2.75) is 180 Å². The van der Waals surface area contributed by atoms with Gasteiger partial charge in [-0.3, -0.25) is 9.59 Å². The monoisotopic (exact) mass is 876 g/mol. The van der Waals surface area contributed by atoms with Crippen LogP contribution in [-0.2, 0) is 28.6 Å². The number of unbranched alkanes of at least 4 members (excludes halogenated alkanes) is 14. The zero-order valence-electron chi connectivity index (χ0n) is 40.4. The van der Waals surface area contributed by atoms with E-state index in [2.05, 4.69) is 86.8 Å². The molecule has 0 N–H and O–H groups in total. The summed E-state index contributed by atoms with van der Waals surface area (Å²) in [6.45, 7) is 4.48. The molecule has 8 heteroatoms. The average Bonchev–Trinajstić information content (AvgIpc) is 3.24. The number of carbonyl (C=O) groups is 3. The number of quaternary nitrogens is 1.